The van der Waals surface area contributed by atoms with Gasteiger partial charge < -0.3 is 35.2 Å². The number of hydrogen-bond acceptors (Lipinski definition) is 8. The van der Waals surface area contributed by atoms with E-state index < -0.39 is 47.7 Å². The van der Waals surface area contributed by atoms with Crippen molar-refractivity contribution in [2.45, 2.75) is 18.7 Å². The van der Waals surface area contributed by atoms with Gasteiger partial charge in [0.2, 0.25) is 0 Å². The maximum Gasteiger partial charge on any atom is 0.416 e. The maximum absolute atomic E-state index is 13.2. The van der Waals surface area contributed by atoms with Crippen molar-refractivity contribution in [2.75, 3.05) is 45.9 Å². The van der Waals surface area contributed by atoms with E-state index in [0.29, 0.717) is 49.6 Å². The molecule has 2 aromatic rings. The Hall–Kier alpha value is -5.06. The van der Waals surface area contributed by atoms with Gasteiger partial charge in [-0.1, -0.05) is 42.5 Å². The fourth-order valence-corrected chi connectivity index (χ4v) is 3.97. The first kappa shape index (κ1) is 40.0. The molecule has 0 amide bonds. The highest BCUT2D eigenvalue weighted by Crippen LogP contribution is 2.33. The molecule has 5 N–H and O–H groups in total. The second kappa shape index (κ2) is 20.9. The lowest BCUT2D eigenvalue weighted by Crippen LogP contribution is -2.47. The van der Waals surface area contributed by atoms with Crippen LogP contribution >= 0.6 is 0 Å². The molecule has 16 heteroatoms. The van der Waals surface area contributed by atoms with E-state index in [1.54, 1.807) is 6.07 Å². The summed E-state index contributed by atoms with van der Waals surface area (Å²) in [5.41, 5.74) is 0.590. The molecule has 1 aliphatic rings. The maximum atomic E-state index is 13.2. The number of halogens is 3. The van der Waals surface area contributed by atoms with E-state index >= 15 is 0 Å². The van der Waals surface area contributed by atoms with Gasteiger partial charge in [-0.25, -0.2) is 19.2 Å². The molecule has 47 heavy (non-hydrogen) atoms. The summed E-state index contributed by atoms with van der Waals surface area (Å²) in [7, 11) is 0. The highest BCUT2D eigenvalue weighted by atomic mass is 19.4. The second-order valence-electron chi connectivity index (χ2n) is 9.63. The number of hydrogen-bond donors (Lipinski definition) is 5. The first-order valence-electron chi connectivity index (χ1n) is 13.9. The third-order valence-corrected chi connectivity index (χ3v) is 6.15. The van der Waals surface area contributed by atoms with Crippen molar-refractivity contribution in [1.82, 2.24) is 9.80 Å². The molecule has 2 aromatic carbocycles. The van der Waals surface area contributed by atoms with Crippen LogP contribution in [0.5, 0.6) is 0 Å². The minimum Gasteiger partial charge on any atom is -0.481 e. The summed E-state index contributed by atoms with van der Waals surface area (Å²) in [5.74, 6) is -5.82. The van der Waals surface area contributed by atoms with Crippen LogP contribution in [0.3, 0.4) is 0 Å². The fraction of sp³-hybridized carbons (Fsp3) is 0.323. The lowest BCUT2D eigenvalue weighted by molar-refractivity contribution is -0.138. The summed E-state index contributed by atoms with van der Waals surface area (Å²) < 4.78 is 45.6. The molecule has 0 radical (unpaired) electrons. The molecule has 1 saturated heterocycles. The fourth-order valence-electron chi connectivity index (χ4n) is 3.97. The number of carboxylic acid groups (broad SMARTS) is 5. The third kappa shape index (κ3) is 18.5. The van der Waals surface area contributed by atoms with Crippen molar-refractivity contribution in [2.24, 2.45) is 0 Å². The number of rotatable bonds is 13. The molecular weight excluding hydrogens is 633 g/mol. The normalized spacial score (nSPS) is 14.4. The summed E-state index contributed by atoms with van der Waals surface area (Å²) in [4.78, 5) is 53.3. The van der Waals surface area contributed by atoms with E-state index in [1.807, 2.05) is 30.3 Å². The van der Waals surface area contributed by atoms with Gasteiger partial charge in [0.25, 0.3) is 0 Å². The quantitative estimate of drug-likeness (QED) is 0.195. The summed E-state index contributed by atoms with van der Waals surface area (Å²) in [5, 5.41) is 40.0. The number of aliphatic carboxylic acids is 5. The van der Waals surface area contributed by atoms with E-state index in [4.69, 9.17) is 30.3 Å². The second-order valence-corrected chi connectivity index (χ2v) is 9.63. The number of ether oxygens (including phenoxy) is 1. The molecule has 1 unspecified atom stereocenters. The van der Waals surface area contributed by atoms with Crippen LogP contribution in [0.25, 0.3) is 0 Å². The van der Waals surface area contributed by atoms with Gasteiger partial charge in [-0.15, -0.1) is 0 Å². The number of alkyl halides is 3. The average molecular weight is 669 g/mol. The molecule has 0 bridgehead atoms. The zero-order valence-corrected chi connectivity index (χ0v) is 25.0. The minimum absolute atomic E-state index is 0.138. The van der Waals surface area contributed by atoms with Gasteiger partial charge in [0.1, 0.15) is 6.10 Å². The van der Waals surface area contributed by atoms with Crippen LogP contribution in [0.15, 0.2) is 78.9 Å². The first-order valence-corrected chi connectivity index (χ1v) is 13.9. The molecule has 0 spiro atoms. The van der Waals surface area contributed by atoms with Gasteiger partial charge in [-0.2, -0.15) is 13.2 Å². The van der Waals surface area contributed by atoms with E-state index in [9.17, 15) is 37.1 Å². The number of benzene rings is 2. The van der Waals surface area contributed by atoms with Crippen LogP contribution in [-0.2, 0) is 34.9 Å². The Morgan fingerprint density at radius 3 is 1.55 bits per heavy atom. The SMILES string of the molecule is O=C(O)/C=C\C(=O)O.O=C(O)/C=C\C(=O)O.O=C(O)CCN1CCN(CCOC(c2ccccc2)c2cccc(C(F)(F)F)c2)CC1. The minimum atomic E-state index is -4.41. The van der Waals surface area contributed by atoms with Gasteiger partial charge >= 0.3 is 36.0 Å². The molecule has 1 atom stereocenters. The van der Waals surface area contributed by atoms with Crippen molar-refractivity contribution >= 4 is 29.8 Å². The molecule has 256 valence electrons. The Labute approximate surface area is 267 Å². The smallest absolute Gasteiger partial charge is 0.416 e. The van der Waals surface area contributed by atoms with Crippen LogP contribution in [-0.4, -0.2) is 111 Å². The molecule has 0 aromatic heterocycles. The van der Waals surface area contributed by atoms with E-state index in [2.05, 4.69) is 9.80 Å². The van der Waals surface area contributed by atoms with Gasteiger partial charge in [0.15, 0.2) is 0 Å². The van der Waals surface area contributed by atoms with Crippen LogP contribution in [0.4, 0.5) is 13.2 Å². The van der Waals surface area contributed by atoms with E-state index in [0.717, 1.165) is 43.9 Å². The molecule has 1 aliphatic heterocycles. The molecule has 13 nitrogen and oxygen atoms in total. The van der Waals surface area contributed by atoms with E-state index in [-0.39, 0.29) is 6.42 Å². The zero-order chi connectivity index (χ0) is 35.4. The molecule has 0 aliphatic carbocycles. The Balaban J connectivity index is 0.000000569. The summed E-state index contributed by atoms with van der Waals surface area (Å²) in [6, 6.07) is 14.5. The Bertz CT molecular complexity index is 1310. The Morgan fingerprint density at radius 1 is 0.681 bits per heavy atom. The van der Waals surface area contributed by atoms with Crippen molar-refractivity contribution in [1.29, 1.82) is 0 Å². The highest BCUT2D eigenvalue weighted by Gasteiger charge is 2.31. The summed E-state index contributed by atoms with van der Waals surface area (Å²) >= 11 is 0. The molecule has 0 saturated carbocycles. The lowest BCUT2D eigenvalue weighted by atomic mass is 9.99. The highest BCUT2D eigenvalue weighted by molar-refractivity contribution is 5.90. The first-order chi connectivity index (χ1) is 22.1. The van der Waals surface area contributed by atoms with Crippen LogP contribution < -0.4 is 0 Å². The van der Waals surface area contributed by atoms with Gasteiger partial charge in [-0.05, 0) is 23.3 Å². The topological polar surface area (TPSA) is 202 Å². The van der Waals surface area contributed by atoms with Gasteiger partial charge in [0.05, 0.1) is 18.6 Å². The van der Waals surface area contributed by atoms with Crippen molar-refractivity contribution < 1.29 is 67.4 Å². The number of carboxylic acids is 5. The van der Waals surface area contributed by atoms with Crippen LogP contribution in [0, 0.1) is 0 Å². The zero-order valence-electron chi connectivity index (χ0n) is 25.0. The molecule has 3 rings (SSSR count). The number of nitrogens with zero attached hydrogens (tertiary/aromatic N) is 2. The standard InChI is InChI=1S/C23H27F3N2O3.2C4H4O4/c24-23(25,26)20-8-4-7-19(17-20)22(18-5-2-1-3-6-18)31-16-15-28-13-11-27(12-14-28)10-9-21(29)30;2*5-3(6)1-2-4(7)8/h1-8,17,22H,9-16H2,(H,29,30);2*1-2H,(H,5,6)(H,7,8)/b;2*2-1-. The monoisotopic (exact) mass is 668 g/mol. The lowest BCUT2D eigenvalue weighted by Gasteiger charge is -2.34. The third-order valence-electron chi connectivity index (χ3n) is 6.15. The van der Waals surface area contributed by atoms with Gasteiger partial charge in [-0.3, -0.25) is 9.69 Å². The molecule has 1 heterocycles. The van der Waals surface area contributed by atoms with Crippen LogP contribution in [0.1, 0.15) is 29.2 Å². The predicted octanol–water partition coefficient (Wildman–Crippen LogP) is 3.33. The van der Waals surface area contributed by atoms with Gasteiger partial charge in [0, 0.05) is 63.6 Å². The van der Waals surface area contributed by atoms with Crippen LogP contribution in [0.2, 0.25) is 0 Å². The van der Waals surface area contributed by atoms with Crippen molar-refractivity contribution in [3.63, 3.8) is 0 Å². The van der Waals surface area contributed by atoms with Crippen molar-refractivity contribution in [3.05, 3.63) is 95.6 Å². The Kier molecular flexibility index (Phi) is 17.7. The number of piperazine rings is 1. The average Bonchev–Trinajstić information content (AvgIpc) is 3.01. The largest absolute Gasteiger partial charge is 0.481 e. The number of carbonyl (C=O) groups is 5. The molecular formula is C31H35F3N2O11. The summed E-state index contributed by atoms with van der Waals surface area (Å²) in [6.07, 6.45) is -2.62. The molecule has 1 fully saturated rings. The predicted molar refractivity (Wildman–Crippen MR) is 160 cm³/mol. The Morgan fingerprint density at radius 2 is 1.13 bits per heavy atom. The van der Waals surface area contributed by atoms with Crippen molar-refractivity contribution in [3.8, 4) is 0 Å². The van der Waals surface area contributed by atoms with E-state index in [1.165, 1.54) is 6.07 Å². The summed E-state index contributed by atoms with van der Waals surface area (Å²) in [6.45, 7) is 4.79.